The van der Waals surface area contributed by atoms with Crippen LogP contribution in [-0.2, 0) is 9.59 Å². The van der Waals surface area contributed by atoms with E-state index in [1.54, 1.807) is 6.92 Å². The summed E-state index contributed by atoms with van der Waals surface area (Å²) in [6, 6.07) is 9.11. The van der Waals surface area contributed by atoms with Crippen molar-refractivity contribution in [3.05, 3.63) is 30.3 Å². The van der Waals surface area contributed by atoms with Gasteiger partial charge in [0.1, 0.15) is 11.8 Å². The molecule has 1 aliphatic carbocycles. The summed E-state index contributed by atoms with van der Waals surface area (Å²) in [5, 5.41) is 5.69. The molecule has 2 rings (SSSR count). The Morgan fingerprint density at radius 1 is 1.23 bits per heavy atom. The fraction of sp³-hybridized carbons (Fsp3) is 0.529. The Labute approximate surface area is 131 Å². The fourth-order valence-electron chi connectivity index (χ4n) is 2.55. The maximum Gasteiger partial charge on any atom is 0.242 e. The van der Waals surface area contributed by atoms with Gasteiger partial charge in [0.25, 0.3) is 0 Å². The van der Waals surface area contributed by atoms with E-state index >= 15 is 0 Å². The van der Waals surface area contributed by atoms with Gasteiger partial charge in [-0.3, -0.25) is 9.59 Å². The normalized spacial score (nSPS) is 16.0. The van der Waals surface area contributed by atoms with Gasteiger partial charge in [-0.05, 0) is 31.9 Å². The summed E-state index contributed by atoms with van der Waals surface area (Å²) in [6.07, 6.45) is 4.65. The number of benzene rings is 1. The molecule has 1 fully saturated rings. The molecular formula is C17H24N2O3. The number of para-hydroxylation sites is 1. The van der Waals surface area contributed by atoms with Crippen molar-refractivity contribution in [2.24, 2.45) is 0 Å². The Kier molecular flexibility index (Phi) is 6.25. The van der Waals surface area contributed by atoms with E-state index in [0.717, 1.165) is 18.6 Å². The number of amides is 2. The van der Waals surface area contributed by atoms with Crippen molar-refractivity contribution in [2.45, 2.75) is 51.1 Å². The highest BCUT2D eigenvalue weighted by atomic mass is 16.5. The maximum atomic E-state index is 12.0. The average Bonchev–Trinajstić information content (AvgIpc) is 3.01. The molecule has 2 amide bonds. The lowest BCUT2D eigenvalue weighted by Crippen LogP contribution is -2.47. The zero-order valence-corrected chi connectivity index (χ0v) is 13.0. The fourth-order valence-corrected chi connectivity index (χ4v) is 2.55. The van der Waals surface area contributed by atoms with Gasteiger partial charge < -0.3 is 15.4 Å². The summed E-state index contributed by atoms with van der Waals surface area (Å²) in [5.74, 6) is 0.455. The molecule has 1 aromatic carbocycles. The first-order valence-corrected chi connectivity index (χ1v) is 7.93. The van der Waals surface area contributed by atoms with Crippen LogP contribution in [0.2, 0.25) is 0 Å². The van der Waals surface area contributed by atoms with E-state index < -0.39 is 6.04 Å². The molecule has 5 heteroatoms. The molecule has 0 aliphatic heterocycles. The van der Waals surface area contributed by atoms with Crippen molar-refractivity contribution in [3.63, 3.8) is 0 Å². The van der Waals surface area contributed by atoms with Crippen LogP contribution in [0.1, 0.15) is 39.0 Å². The van der Waals surface area contributed by atoms with Crippen LogP contribution in [0.25, 0.3) is 0 Å². The zero-order chi connectivity index (χ0) is 15.8. The second-order valence-corrected chi connectivity index (χ2v) is 5.69. The molecule has 0 radical (unpaired) electrons. The summed E-state index contributed by atoms with van der Waals surface area (Å²) >= 11 is 0. The van der Waals surface area contributed by atoms with Crippen molar-refractivity contribution in [3.8, 4) is 5.75 Å². The lowest BCUT2D eigenvalue weighted by Gasteiger charge is -2.17. The number of rotatable bonds is 7. The van der Waals surface area contributed by atoms with Gasteiger partial charge in [0, 0.05) is 6.04 Å². The number of hydrogen-bond acceptors (Lipinski definition) is 3. The summed E-state index contributed by atoms with van der Waals surface area (Å²) in [4.78, 5) is 23.8. The molecule has 1 aromatic rings. The van der Waals surface area contributed by atoms with E-state index in [1.165, 1.54) is 12.8 Å². The predicted octanol–water partition coefficient (Wildman–Crippen LogP) is 2.02. The number of carbonyl (C=O) groups excluding carboxylic acids is 2. The van der Waals surface area contributed by atoms with Crippen LogP contribution in [0.4, 0.5) is 0 Å². The smallest absolute Gasteiger partial charge is 0.242 e. The molecule has 0 saturated heterocycles. The van der Waals surface area contributed by atoms with Crippen LogP contribution in [0.15, 0.2) is 30.3 Å². The van der Waals surface area contributed by atoms with Gasteiger partial charge >= 0.3 is 0 Å². The first-order chi connectivity index (χ1) is 10.6. The Morgan fingerprint density at radius 2 is 1.91 bits per heavy atom. The van der Waals surface area contributed by atoms with Gasteiger partial charge in [-0.15, -0.1) is 0 Å². The van der Waals surface area contributed by atoms with E-state index in [0.29, 0.717) is 6.61 Å². The minimum atomic E-state index is -0.509. The van der Waals surface area contributed by atoms with Crippen LogP contribution in [0.3, 0.4) is 0 Å². The van der Waals surface area contributed by atoms with E-state index in [1.807, 2.05) is 30.3 Å². The molecule has 120 valence electrons. The van der Waals surface area contributed by atoms with Crippen molar-refractivity contribution in [1.82, 2.24) is 10.6 Å². The van der Waals surface area contributed by atoms with Crippen LogP contribution >= 0.6 is 0 Å². The average molecular weight is 304 g/mol. The molecule has 1 atom stereocenters. The van der Waals surface area contributed by atoms with E-state index in [9.17, 15) is 9.59 Å². The number of hydrogen-bond donors (Lipinski definition) is 2. The quantitative estimate of drug-likeness (QED) is 0.810. The molecule has 1 saturated carbocycles. The highest BCUT2D eigenvalue weighted by Crippen LogP contribution is 2.17. The zero-order valence-electron chi connectivity index (χ0n) is 13.0. The second-order valence-electron chi connectivity index (χ2n) is 5.69. The summed E-state index contributed by atoms with van der Waals surface area (Å²) in [7, 11) is 0. The maximum absolute atomic E-state index is 12.0. The van der Waals surface area contributed by atoms with Crippen molar-refractivity contribution in [1.29, 1.82) is 0 Å². The molecule has 2 N–H and O–H groups in total. The van der Waals surface area contributed by atoms with Gasteiger partial charge in [-0.1, -0.05) is 31.0 Å². The monoisotopic (exact) mass is 304 g/mol. The molecule has 5 nitrogen and oxygen atoms in total. The Morgan fingerprint density at radius 3 is 2.59 bits per heavy atom. The minimum absolute atomic E-state index is 0.107. The van der Waals surface area contributed by atoms with Crippen molar-refractivity contribution < 1.29 is 14.3 Å². The third-order valence-corrected chi connectivity index (χ3v) is 3.81. The van der Waals surface area contributed by atoms with Gasteiger partial charge in [0.15, 0.2) is 0 Å². The third-order valence-electron chi connectivity index (χ3n) is 3.81. The molecule has 1 unspecified atom stereocenters. The molecule has 1 aliphatic rings. The molecule has 0 aromatic heterocycles. The van der Waals surface area contributed by atoms with Crippen LogP contribution in [-0.4, -0.2) is 30.5 Å². The highest BCUT2D eigenvalue weighted by molar-refractivity contribution is 5.87. The second kappa shape index (κ2) is 8.41. The Hall–Kier alpha value is -2.04. The lowest BCUT2D eigenvalue weighted by atomic mass is 10.2. The summed E-state index contributed by atoms with van der Waals surface area (Å²) in [5.41, 5.74) is 0. The molecule has 0 bridgehead atoms. The van der Waals surface area contributed by atoms with Crippen molar-refractivity contribution >= 4 is 11.8 Å². The van der Waals surface area contributed by atoms with Gasteiger partial charge in [-0.25, -0.2) is 0 Å². The molecule has 22 heavy (non-hydrogen) atoms. The largest absolute Gasteiger partial charge is 0.493 e. The number of carbonyl (C=O) groups is 2. The summed E-state index contributed by atoms with van der Waals surface area (Å²) < 4.78 is 5.46. The summed E-state index contributed by atoms with van der Waals surface area (Å²) in [6.45, 7) is 2.01. The van der Waals surface area contributed by atoms with Crippen LogP contribution < -0.4 is 15.4 Å². The van der Waals surface area contributed by atoms with E-state index in [2.05, 4.69) is 10.6 Å². The van der Waals surface area contributed by atoms with Gasteiger partial charge in [0.05, 0.1) is 13.0 Å². The van der Waals surface area contributed by atoms with Gasteiger partial charge in [0.2, 0.25) is 11.8 Å². The predicted molar refractivity (Wildman–Crippen MR) is 84.6 cm³/mol. The standard InChI is InChI=1S/C17H24N2O3/c1-13(17(21)19-14-7-5-6-8-14)18-16(20)11-12-22-15-9-3-2-4-10-15/h2-4,9-10,13-14H,5-8,11-12H2,1H3,(H,18,20)(H,19,21). The minimum Gasteiger partial charge on any atom is -0.493 e. The molecule has 0 heterocycles. The molecule has 0 spiro atoms. The van der Waals surface area contributed by atoms with E-state index in [-0.39, 0.29) is 24.3 Å². The number of ether oxygens (including phenoxy) is 1. The highest BCUT2D eigenvalue weighted by Gasteiger charge is 2.21. The topological polar surface area (TPSA) is 67.4 Å². The first kappa shape index (κ1) is 16.3. The Bertz CT molecular complexity index is 484. The van der Waals surface area contributed by atoms with Crippen LogP contribution in [0.5, 0.6) is 5.75 Å². The van der Waals surface area contributed by atoms with Gasteiger partial charge in [-0.2, -0.15) is 0 Å². The Balaban J connectivity index is 1.64. The van der Waals surface area contributed by atoms with Crippen molar-refractivity contribution in [2.75, 3.05) is 6.61 Å². The first-order valence-electron chi connectivity index (χ1n) is 7.93. The van der Waals surface area contributed by atoms with Crippen LogP contribution in [0, 0.1) is 0 Å². The molecular weight excluding hydrogens is 280 g/mol. The third kappa shape index (κ3) is 5.39. The lowest BCUT2D eigenvalue weighted by molar-refractivity contribution is -0.129. The SMILES string of the molecule is CC(NC(=O)CCOc1ccccc1)C(=O)NC1CCCC1. The van der Waals surface area contributed by atoms with E-state index in [4.69, 9.17) is 4.74 Å². The number of nitrogens with one attached hydrogen (secondary N) is 2.